The number of anilines is 1. The van der Waals surface area contributed by atoms with Crippen molar-refractivity contribution >= 4 is 33.0 Å². The number of amides is 1. The molecule has 0 spiro atoms. The van der Waals surface area contributed by atoms with Crippen LogP contribution in [0.3, 0.4) is 0 Å². The molecule has 1 aromatic carbocycles. The van der Waals surface area contributed by atoms with E-state index in [1.54, 1.807) is 36.6 Å². The van der Waals surface area contributed by atoms with E-state index in [4.69, 9.17) is 16.0 Å². The molecule has 3 rings (SSSR count). The molecule has 2 heterocycles. The molecule has 0 bridgehead atoms. The highest BCUT2D eigenvalue weighted by molar-refractivity contribution is 7.91. The molecule has 134 valence electrons. The van der Waals surface area contributed by atoms with Gasteiger partial charge in [-0.05, 0) is 42.8 Å². The van der Waals surface area contributed by atoms with Gasteiger partial charge in [0.25, 0.3) is 0 Å². The number of hydrogen-bond acceptors (Lipinski definition) is 5. The van der Waals surface area contributed by atoms with Gasteiger partial charge in [0.15, 0.2) is 9.84 Å². The third kappa shape index (κ3) is 5.07. The molecule has 0 radical (unpaired) electrons. The zero-order chi connectivity index (χ0) is 17.9. The zero-order valence-corrected chi connectivity index (χ0v) is 15.1. The highest BCUT2D eigenvalue weighted by Gasteiger charge is 2.33. The Balaban J connectivity index is 1.68. The van der Waals surface area contributed by atoms with Gasteiger partial charge in [-0.15, -0.1) is 0 Å². The van der Waals surface area contributed by atoms with E-state index < -0.39 is 9.84 Å². The molecule has 2 aromatic rings. The van der Waals surface area contributed by atoms with Gasteiger partial charge in [0, 0.05) is 16.8 Å². The third-order valence-corrected chi connectivity index (χ3v) is 6.14. The number of halogens is 1. The van der Waals surface area contributed by atoms with Gasteiger partial charge in [-0.25, -0.2) is 8.42 Å². The van der Waals surface area contributed by atoms with E-state index in [1.165, 1.54) is 0 Å². The molecule has 0 unspecified atom stereocenters. The van der Waals surface area contributed by atoms with Crippen LogP contribution < -0.4 is 5.32 Å². The standard InChI is InChI=1S/C17H19ClN2O4S/c18-13-3-5-14(6-4-13)19-17(21)11-20(10-16-2-1-8-24-16)15-7-9-25(22,23)12-15/h1-6,8,15H,7,9-12H2,(H,19,21)/t15-/m1/s1. The number of furan rings is 1. The predicted molar refractivity (Wildman–Crippen MR) is 96.3 cm³/mol. The van der Waals surface area contributed by atoms with Gasteiger partial charge >= 0.3 is 0 Å². The average Bonchev–Trinajstić information content (AvgIpc) is 3.18. The van der Waals surface area contributed by atoms with Crippen LogP contribution in [0, 0.1) is 0 Å². The Morgan fingerprint density at radius 2 is 2.04 bits per heavy atom. The summed E-state index contributed by atoms with van der Waals surface area (Å²) in [6.45, 7) is 0.477. The fourth-order valence-electron chi connectivity index (χ4n) is 2.90. The van der Waals surface area contributed by atoms with Crippen LogP contribution in [0.4, 0.5) is 5.69 Å². The van der Waals surface area contributed by atoms with Crippen LogP contribution in [0.5, 0.6) is 0 Å². The van der Waals surface area contributed by atoms with Crippen LogP contribution in [0.2, 0.25) is 5.02 Å². The molecule has 1 aliphatic rings. The minimum absolute atomic E-state index is 0.0714. The van der Waals surface area contributed by atoms with E-state index >= 15 is 0 Å². The lowest BCUT2D eigenvalue weighted by Gasteiger charge is -2.26. The minimum atomic E-state index is -3.04. The van der Waals surface area contributed by atoms with Crippen LogP contribution >= 0.6 is 11.6 Å². The summed E-state index contributed by atoms with van der Waals surface area (Å²) in [5.74, 6) is 0.717. The van der Waals surface area contributed by atoms with Gasteiger partial charge in [0.1, 0.15) is 5.76 Å². The molecule has 1 amide bonds. The first-order valence-corrected chi connectivity index (χ1v) is 10.1. The summed E-state index contributed by atoms with van der Waals surface area (Å²) < 4.78 is 28.9. The summed E-state index contributed by atoms with van der Waals surface area (Å²) in [5, 5.41) is 3.40. The van der Waals surface area contributed by atoms with E-state index in [1.807, 2.05) is 11.0 Å². The molecule has 1 atom stereocenters. The van der Waals surface area contributed by atoms with Gasteiger partial charge < -0.3 is 9.73 Å². The predicted octanol–water partition coefficient (Wildman–Crippen LogP) is 2.56. The van der Waals surface area contributed by atoms with Crippen molar-refractivity contribution < 1.29 is 17.6 Å². The highest BCUT2D eigenvalue weighted by atomic mass is 35.5. The van der Waals surface area contributed by atoms with Crippen LogP contribution in [0.25, 0.3) is 0 Å². The van der Waals surface area contributed by atoms with E-state index in [9.17, 15) is 13.2 Å². The monoisotopic (exact) mass is 382 g/mol. The Morgan fingerprint density at radius 3 is 2.64 bits per heavy atom. The zero-order valence-electron chi connectivity index (χ0n) is 13.5. The highest BCUT2D eigenvalue weighted by Crippen LogP contribution is 2.20. The lowest BCUT2D eigenvalue weighted by molar-refractivity contribution is -0.118. The number of rotatable bonds is 6. The summed E-state index contributed by atoms with van der Waals surface area (Å²) >= 11 is 5.84. The van der Waals surface area contributed by atoms with E-state index in [2.05, 4.69) is 5.32 Å². The van der Waals surface area contributed by atoms with Crippen LogP contribution in [0.15, 0.2) is 47.1 Å². The molecule has 0 aliphatic carbocycles. The van der Waals surface area contributed by atoms with Gasteiger partial charge in [-0.1, -0.05) is 11.6 Å². The van der Waals surface area contributed by atoms with Crippen LogP contribution in [-0.4, -0.2) is 43.3 Å². The van der Waals surface area contributed by atoms with Crippen molar-refractivity contribution in [2.75, 3.05) is 23.4 Å². The summed E-state index contributed by atoms with van der Waals surface area (Å²) in [7, 11) is -3.04. The SMILES string of the molecule is O=C(CN(Cc1ccco1)[C@@H]1CCS(=O)(=O)C1)Nc1ccc(Cl)cc1. The molecule has 1 saturated heterocycles. The van der Waals surface area contributed by atoms with Crippen molar-refractivity contribution in [3.8, 4) is 0 Å². The fourth-order valence-corrected chi connectivity index (χ4v) is 4.79. The van der Waals surface area contributed by atoms with Crippen molar-refractivity contribution in [2.45, 2.75) is 19.0 Å². The van der Waals surface area contributed by atoms with Gasteiger partial charge in [0.2, 0.25) is 5.91 Å². The molecule has 0 saturated carbocycles. The Labute approximate surface area is 151 Å². The lowest BCUT2D eigenvalue weighted by atomic mass is 10.2. The quantitative estimate of drug-likeness (QED) is 0.830. The van der Waals surface area contributed by atoms with Crippen molar-refractivity contribution in [1.29, 1.82) is 0 Å². The molecule has 8 heteroatoms. The number of carbonyl (C=O) groups is 1. The van der Waals surface area contributed by atoms with Crippen molar-refractivity contribution in [2.24, 2.45) is 0 Å². The Morgan fingerprint density at radius 1 is 1.28 bits per heavy atom. The summed E-state index contributed by atoms with van der Waals surface area (Å²) in [4.78, 5) is 14.2. The summed E-state index contributed by atoms with van der Waals surface area (Å²) in [5.41, 5.74) is 0.645. The Kier molecular flexibility index (Phi) is 5.46. The van der Waals surface area contributed by atoms with Gasteiger partial charge in [0.05, 0.1) is 30.9 Å². The second kappa shape index (κ2) is 7.59. The van der Waals surface area contributed by atoms with Gasteiger partial charge in [-0.3, -0.25) is 9.69 Å². The second-order valence-electron chi connectivity index (χ2n) is 6.10. The Bertz CT molecular complexity index is 819. The first kappa shape index (κ1) is 18.0. The van der Waals surface area contributed by atoms with Crippen molar-refractivity contribution in [3.63, 3.8) is 0 Å². The minimum Gasteiger partial charge on any atom is -0.468 e. The fraction of sp³-hybridized carbons (Fsp3) is 0.353. The maximum absolute atomic E-state index is 12.4. The normalized spacial score (nSPS) is 19.2. The summed E-state index contributed by atoms with van der Waals surface area (Å²) in [6, 6.07) is 10.2. The van der Waals surface area contributed by atoms with Gasteiger partial charge in [-0.2, -0.15) is 0 Å². The maximum atomic E-state index is 12.4. The average molecular weight is 383 g/mol. The first-order chi connectivity index (χ1) is 11.9. The van der Waals surface area contributed by atoms with Crippen molar-refractivity contribution in [3.05, 3.63) is 53.4 Å². The molecule has 1 fully saturated rings. The maximum Gasteiger partial charge on any atom is 0.238 e. The molecule has 1 aliphatic heterocycles. The van der Waals surface area contributed by atoms with E-state index in [0.29, 0.717) is 29.4 Å². The third-order valence-electron chi connectivity index (χ3n) is 4.14. The number of nitrogens with one attached hydrogen (secondary N) is 1. The lowest BCUT2D eigenvalue weighted by Crippen LogP contribution is -2.41. The molecule has 1 N–H and O–H groups in total. The first-order valence-electron chi connectivity index (χ1n) is 7.93. The Hall–Kier alpha value is -1.83. The van der Waals surface area contributed by atoms with Crippen LogP contribution in [0.1, 0.15) is 12.2 Å². The largest absolute Gasteiger partial charge is 0.468 e. The number of benzene rings is 1. The van der Waals surface area contributed by atoms with E-state index in [0.717, 1.165) is 0 Å². The number of sulfone groups is 1. The van der Waals surface area contributed by atoms with Crippen molar-refractivity contribution in [1.82, 2.24) is 4.90 Å². The topological polar surface area (TPSA) is 79.6 Å². The molecular weight excluding hydrogens is 364 g/mol. The van der Waals surface area contributed by atoms with Crippen LogP contribution in [-0.2, 0) is 21.2 Å². The number of carbonyl (C=O) groups excluding carboxylic acids is 1. The summed E-state index contributed by atoms with van der Waals surface area (Å²) in [6.07, 6.45) is 2.09. The second-order valence-corrected chi connectivity index (χ2v) is 8.76. The molecular formula is C17H19ClN2O4S. The molecule has 6 nitrogen and oxygen atoms in total. The molecule has 25 heavy (non-hydrogen) atoms. The smallest absolute Gasteiger partial charge is 0.238 e. The van der Waals surface area contributed by atoms with E-state index in [-0.39, 0.29) is 30.0 Å². The molecule has 1 aromatic heterocycles. The number of hydrogen-bond donors (Lipinski definition) is 1. The number of nitrogens with zero attached hydrogens (tertiary/aromatic N) is 1.